The minimum atomic E-state index is -1.43. The molecule has 1 aliphatic rings. The van der Waals surface area contributed by atoms with Crippen molar-refractivity contribution < 1.29 is 23.2 Å². The van der Waals surface area contributed by atoms with Crippen molar-refractivity contribution >= 4 is 45.9 Å². The van der Waals surface area contributed by atoms with Crippen molar-refractivity contribution in [2.75, 3.05) is 11.9 Å². The summed E-state index contributed by atoms with van der Waals surface area (Å²) in [7, 11) is 0. The van der Waals surface area contributed by atoms with Crippen LogP contribution >= 0.6 is 11.6 Å². The van der Waals surface area contributed by atoms with Gasteiger partial charge in [-0.25, -0.2) is 18.7 Å². The van der Waals surface area contributed by atoms with Gasteiger partial charge in [0.25, 0.3) is 0 Å². The Hall–Kier alpha value is -4.96. The van der Waals surface area contributed by atoms with Gasteiger partial charge in [0.15, 0.2) is 5.82 Å². The van der Waals surface area contributed by atoms with Gasteiger partial charge in [0, 0.05) is 59.0 Å². The molecule has 45 heavy (non-hydrogen) atoms. The molecular weight excluding hydrogens is 600 g/mol. The highest BCUT2D eigenvalue weighted by Crippen LogP contribution is 2.34. The third kappa shape index (κ3) is 5.93. The predicted molar refractivity (Wildman–Crippen MR) is 168 cm³/mol. The highest BCUT2D eigenvalue weighted by atomic mass is 35.5. The van der Waals surface area contributed by atoms with Gasteiger partial charge in [0.2, 0.25) is 17.7 Å². The Morgan fingerprint density at radius 3 is 2.47 bits per heavy atom. The molecule has 11 heteroatoms. The van der Waals surface area contributed by atoms with Crippen molar-refractivity contribution in [3.05, 3.63) is 101 Å². The molecule has 1 saturated heterocycles. The summed E-state index contributed by atoms with van der Waals surface area (Å²) in [6, 6.07) is 15.6. The molecule has 3 aromatic carbocycles. The van der Waals surface area contributed by atoms with Crippen molar-refractivity contribution in [3.8, 4) is 22.3 Å². The topological polar surface area (TPSA) is 97.2 Å². The zero-order valence-corrected chi connectivity index (χ0v) is 25.2. The summed E-state index contributed by atoms with van der Waals surface area (Å²) in [5, 5.41) is 3.57. The second kappa shape index (κ2) is 12.2. The lowest BCUT2D eigenvalue weighted by Crippen LogP contribution is -2.44. The minimum absolute atomic E-state index is 0.105. The Morgan fingerprint density at radius 2 is 1.73 bits per heavy atom. The molecule has 1 unspecified atom stereocenters. The summed E-state index contributed by atoms with van der Waals surface area (Å²) in [5.41, 5.74) is 3.26. The lowest BCUT2D eigenvalue weighted by atomic mass is 10.0. The second-order valence-corrected chi connectivity index (χ2v) is 11.4. The molecule has 1 fully saturated rings. The van der Waals surface area contributed by atoms with Crippen LogP contribution in [0.4, 0.5) is 14.5 Å². The number of nitrogens with zero attached hydrogens (tertiary/aromatic N) is 4. The number of aromatic nitrogens is 3. The Labute approximate surface area is 262 Å². The van der Waals surface area contributed by atoms with E-state index in [-0.39, 0.29) is 36.5 Å². The lowest BCUT2D eigenvalue weighted by Gasteiger charge is -2.24. The molecule has 0 bridgehead atoms. The number of hydrogen-bond donors (Lipinski definition) is 1. The molecule has 8 nitrogen and oxygen atoms in total. The molecular formula is C34H28ClF2N5O3. The first kappa shape index (κ1) is 30.1. The number of benzene rings is 3. The smallest absolute Gasteiger partial charge is 0.247 e. The third-order valence-corrected chi connectivity index (χ3v) is 8.31. The van der Waals surface area contributed by atoms with Gasteiger partial charge in [-0.05, 0) is 36.2 Å². The zero-order valence-electron chi connectivity index (χ0n) is 24.4. The Balaban J connectivity index is 1.25. The molecule has 6 rings (SSSR count). The van der Waals surface area contributed by atoms with E-state index >= 15 is 4.39 Å². The van der Waals surface area contributed by atoms with Crippen LogP contribution in [0.2, 0.25) is 5.02 Å². The normalized spacial score (nSPS) is 16.2. The van der Waals surface area contributed by atoms with Crippen LogP contribution in [0, 0.1) is 12.7 Å². The van der Waals surface area contributed by atoms with Gasteiger partial charge in [0.1, 0.15) is 18.0 Å². The largest absolute Gasteiger partial charge is 0.327 e. The van der Waals surface area contributed by atoms with Gasteiger partial charge in [0.05, 0.1) is 24.2 Å². The number of halogens is 3. The lowest BCUT2D eigenvalue weighted by molar-refractivity contribution is -0.136. The van der Waals surface area contributed by atoms with E-state index in [2.05, 4.69) is 15.3 Å². The maximum Gasteiger partial charge on any atom is 0.247 e. The van der Waals surface area contributed by atoms with Crippen LogP contribution in [0.3, 0.4) is 0 Å². The quantitative estimate of drug-likeness (QED) is 0.227. The van der Waals surface area contributed by atoms with Gasteiger partial charge >= 0.3 is 0 Å². The van der Waals surface area contributed by atoms with Crippen molar-refractivity contribution in [1.82, 2.24) is 19.4 Å². The predicted octanol–water partition coefficient (Wildman–Crippen LogP) is 6.65. The fourth-order valence-corrected chi connectivity index (χ4v) is 5.96. The van der Waals surface area contributed by atoms with Crippen LogP contribution in [0.25, 0.3) is 33.2 Å². The van der Waals surface area contributed by atoms with Crippen molar-refractivity contribution in [3.63, 3.8) is 0 Å². The van der Waals surface area contributed by atoms with E-state index in [0.717, 1.165) is 11.1 Å². The van der Waals surface area contributed by atoms with Crippen molar-refractivity contribution in [2.24, 2.45) is 0 Å². The van der Waals surface area contributed by atoms with Crippen LogP contribution in [-0.2, 0) is 16.0 Å². The molecule has 0 aliphatic carbocycles. The Bertz CT molecular complexity index is 1960. The van der Waals surface area contributed by atoms with Crippen LogP contribution in [0.15, 0.2) is 79.3 Å². The van der Waals surface area contributed by atoms with Gasteiger partial charge in [-0.2, -0.15) is 0 Å². The first-order valence-corrected chi connectivity index (χ1v) is 14.7. The molecule has 2 amide bonds. The molecule has 1 N–H and O–H groups in total. The van der Waals surface area contributed by atoms with Crippen LogP contribution in [0.5, 0.6) is 0 Å². The molecule has 0 saturated carbocycles. The maximum absolute atomic E-state index is 15.5. The van der Waals surface area contributed by atoms with Crippen LogP contribution in [-0.4, -0.2) is 55.9 Å². The molecule has 2 aromatic heterocycles. The molecule has 3 heterocycles. The van der Waals surface area contributed by atoms with E-state index < -0.39 is 29.8 Å². The summed E-state index contributed by atoms with van der Waals surface area (Å²) in [5.74, 6) is -1.50. The minimum Gasteiger partial charge on any atom is -0.327 e. The number of aryl methyl sites for hydroxylation is 1. The average molecular weight is 628 g/mol. The molecule has 228 valence electrons. The van der Waals surface area contributed by atoms with Gasteiger partial charge in [-0.3, -0.25) is 19.0 Å². The van der Waals surface area contributed by atoms with Crippen molar-refractivity contribution in [1.29, 1.82) is 0 Å². The molecule has 0 spiro atoms. The molecule has 0 radical (unpaired) electrons. The Kier molecular flexibility index (Phi) is 8.16. The number of hydrogen-bond acceptors (Lipinski definition) is 5. The number of likely N-dealkylation sites (tertiary alicyclic amines) is 1. The van der Waals surface area contributed by atoms with E-state index in [4.69, 9.17) is 11.6 Å². The van der Waals surface area contributed by atoms with Gasteiger partial charge in [-0.15, -0.1) is 0 Å². The Morgan fingerprint density at radius 1 is 1.00 bits per heavy atom. The first-order chi connectivity index (χ1) is 21.6. The average Bonchev–Trinajstić information content (AvgIpc) is 3.59. The standard InChI is InChI=1S/C34H28ClF2N5O3/c1-19-38-15-23(16-39-19)21-10-11-25-22(17-41(20(2)43)30(25)12-21)13-32(44)42-18-24(36)14-31(42)34(45)40-29-9-5-7-27(33(29)37)26-6-3-4-8-28(26)35/h3-12,15-17,24,31H,13-14,18H2,1-2H3,(H,40,45)/t24-,31?/m1/s1. The maximum atomic E-state index is 15.5. The van der Waals surface area contributed by atoms with Crippen LogP contribution in [0.1, 0.15) is 29.5 Å². The summed E-state index contributed by atoms with van der Waals surface area (Å²) in [4.78, 5) is 49.2. The number of rotatable bonds is 6. The number of amides is 2. The third-order valence-electron chi connectivity index (χ3n) is 7.98. The summed E-state index contributed by atoms with van der Waals surface area (Å²) in [6.45, 7) is 2.93. The number of alkyl halides is 1. The first-order valence-electron chi connectivity index (χ1n) is 14.3. The number of nitrogens with one attached hydrogen (secondary N) is 1. The summed E-state index contributed by atoms with van der Waals surface area (Å²) >= 11 is 6.26. The summed E-state index contributed by atoms with van der Waals surface area (Å²) < 4.78 is 31.7. The van der Waals surface area contributed by atoms with Crippen molar-refractivity contribution in [2.45, 2.75) is 38.9 Å². The highest BCUT2D eigenvalue weighted by Gasteiger charge is 2.40. The van der Waals surface area contributed by atoms with Gasteiger partial charge < -0.3 is 10.2 Å². The van der Waals surface area contributed by atoms with E-state index in [0.29, 0.717) is 32.9 Å². The van der Waals surface area contributed by atoms with E-state index in [1.165, 1.54) is 22.5 Å². The second-order valence-electron chi connectivity index (χ2n) is 11.0. The highest BCUT2D eigenvalue weighted by molar-refractivity contribution is 6.33. The number of anilines is 1. The molecule has 2 atom stereocenters. The number of carbonyl (C=O) groups is 3. The van der Waals surface area contributed by atoms with E-state index in [1.807, 2.05) is 18.2 Å². The fourth-order valence-electron chi connectivity index (χ4n) is 5.73. The van der Waals surface area contributed by atoms with Gasteiger partial charge in [-0.1, -0.05) is 54.1 Å². The molecule has 1 aliphatic heterocycles. The van der Waals surface area contributed by atoms with Crippen LogP contribution < -0.4 is 5.32 Å². The monoisotopic (exact) mass is 627 g/mol. The fraction of sp³-hybridized carbons (Fsp3) is 0.206. The molecule has 5 aromatic rings. The van der Waals surface area contributed by atoms with E-state index in [9.17, 15) is 18.8 Å². The SMILES string of the molecule is CC(=O)n1cc(CC(=O)N2C[C@H](F)CC2C(=O)Nc2cccc(-c3ccccc3Cl)c2F)c2ccc(-c3cnc(C)nc3)cc21. The number of fused-ring (bicyclic) bond motifs is 1. The number of carbonyl (C=O) groups excluding carboxylic acids is 3. The zero-order chi connectivity index (χ0) is 31.8. The summed E-state index contributed by atoms with van der Waals surface area (Å²) in [6.07, 6.45) is 3.16. The van der Waals surface area contributed by atoms with E-state index in [1.54, 1.807) is 61.9 Å².